The Balaban J connectivity index is 1.37. The van der Waals surface area contributed by atoms with Gasteiger partial charge in [0.25, 0.3) is 5.91 Å². The first-order valence-electron chi connectivity index (χ1n) is 9.64. The molecule has 3 aromatic rings. The number of aromatic nitrogens is 4. The quantitative estimate of drug-likeness (QED) is 0.612. The van der Waals surface area contributed by atoms with Gasteiger partial charge in [0.15, 0.2) is 5.82 Å². The minimum atomic E-state index is -0.210. The first-order chi connectivity index (χ1) is 14.1. The molecule has 1 fully saturated rings. The van der Waals surface area contributed by atoms with Crippen molar-refractivity contribution in [2.45, 2.75) is 18.8 Å². The van der Waals surface area contributed by atoms with Crippen LogP contribution in [0.1, 0.15) is 34.9 Å². The maximum Gasteiger partial charge on any atom is 0.256 e. The summed E-state index contributed by atoms with van der Waals surface area (Å²) in [7, 11) is 3.64. The Morgan fingerprint density at radius 2 is 2.03 bits per heavy atom. The van der Waals surface area contributed by atoms with Crippen LogP contribution in [0.3, 0.4) is 0 Å². The summed E-state index contributed by atoms with van der Waals surface area (Å²) in [6.45, 7) is 1.41. The second-order valence-electron chi connectivity index (χ2n) is 7.17. The van der Waals surface area contributed by atoms with Gasteiger partial charge >= 0.3 is 0 Å². The summed E-state index contributed by atoms with van der Waals surface area (Å²) in [6.07, 6.45) is 4.08. The summed E-state index contributed by atoms with van der Waals surface area (Å²) in [5, 5.41) is 10.1. The summed E-state index contributed by atoms with van der Waals surface area (Å²) in [5.74, 6) is 2.43. The lowest BCUT2D eigenvalue weighted by molar-refractivity contribution is 0.102. The molecule has 4 rings (SSSR count). The van der Waals surface area contributed by atoms with Crippen LogP contribution in [0.5, 0.6) is 0 Å². The number of carbonyl (C=O) groups is 1. The van der Waals surface area contributed by atoms with Crippen molar-refractivity contribution in [2.24, 2.45) is 0 Å². The number of hydrogen-bond acceptors (Lipinski definition) is 6. The van der Waals surface area contributed by atoms with E-state index in [1.807, 2.05) is 30.1 Å². The highest BCUT2D eigenvalue weighted by atomic mass is 16.5. The van der Waals surface area contributed by atoms with Gasteiger partial charge in [0.2, 0.25) is 0 Å². The minimum absolute atomic E-state index is 0.210. The highest BCUT2D eigenvalue weighted by Crippen LogP contribution is 2.38. The number of likely N-dealkylation sites (N-methyl/N-ethyl adjacent to an activating group) is 1. The number of H-pyrrole nitrogens is 1. The van der Waals surface area contributed by atoms with Crippen LogP contribution in [0.25, 0.3) is 11.4 Å². The van der Waals surface area contributed by atoms with Gasteiger partial charge < -0.3 is 15.0 Å². The van der Waals surface area contributed by atoms with Gasteiger partial charge in [0, 0.05) is 37.7 Å². The van der Waals surface area contributed by atoms with Crippen molar-refractivity contribution in [2.75, 3.05) is 37.5 Å². The number of amides is 1. The predicted molar refractivity (Wildman–Crippen MR) is 111 cm³/mol. The van der Waals surface area contributed by atoms with Crippen molar-refractivity contribution in [3.63, 3.8) is 0 Å². The zero-order chi connectivity index (χ0) is 20.2. The Bertz CT molecular complexity index is 964. The van der Waals surface area contributed by atoms with E-state index in [9.17, 15) is 4.79 Å². The van der Waals surface area contributed by atoms with Crippen LogP contribution >= 0.6 is 0 Å². The number of methoxy groups -OCH3 is 1. The van der Waals surface area contributed by atoms with Gasteiger partial charge in [-0.1, -0.05) is 12.1 Å². The van der Waals surface area contributed by atoms with E-state index in [0.29, 0.717) is 29.7 Å². The zero-order valence-electron chi connectivity index (χ0n) is 16.6. The van der Waals surface area contributed by atoms with Gasteiger partial charge in [0.1, 0.15) is 11.6 Å². The first kappa shape index (κ1) is 19.1. The minimum Gasteiger partial charge on any atom is -0.383 e. The Morgan fingerprint density at radius 1 is 1.24 bits per heavy atom. The summed E-state index contributed by atoms with van der Waals surface area (Å²) in [4.78, 5) is 23.4. The molecule has 0 saturated heterocycles. The standard InChI is InChI=1S/C21H24N6O2/c1-27(11-12-29-2)17-9-10-18(22-13-17)23-21(28)16-7-5-15(6-8-16)20-24-19(25-26-20)14-3-4-14/h5-10,13-14H,3-4,11-12H2,1-2H3,(H,22,23,28)(H,24,25,26). The van der Waals surface area contributed by atoms with E-state index in [4.69, 9.17) is 4.74 Å². The Kier molecular flexibility index (Phi) is 5.53. The average molecular weight is 392 g/mol. The number of rotatable bonds is 8. The lowest BCUT2D eigenvalue weighted by Gasteiger charge is -2.18. The number of nitrogens with one attached hydrogen (secondary N) is 2. The number of nitrogens with zero attached hydrogens (tertiary/aromatic N) is 4. The third kappa shape index (κ3) is 4.60. The van der Waals surface area contributed by atoms with Crippen LogP contribution in [0, 0.1) is 0 Å². The van der Waals surface area contributed by atoms with E-state index in [1.54, 1.807) is 31.5 Å². The molecule has 29 heavy (non-hydrogen) atoms. The van der Waals surface area contributed by atoms with E-state index < -0.39 is 0 Å². The molecular weight excluding hydrogens is 368 g/mol. The first-order valence-corrected chi connectivity index (χ1v) is 9.64. The van der Waals surface area contributed by atoms with Crippen LogP contribution < -0.4 is 10.2 Å². The largest absolute Gasteiger partial charge is 0.383 e. The summed E-state index contributed by atoms with van der Waals surface area (Å²) in [5.41, 5.74) is 2.39. The number of pyridine rings is 1. The molecule has 0 aliphatic heterocycles. The second kappa shape index (κ2) is 8.40. The molecular formula is C21H24N6O2. The molecule has 150 valence electrons. The van der Waals surface area contributed by atoms with Crippen LogP contribution in [-0.4, -0.2) is 53.4 Å². The molecule has 0 atom stereocenters. The molecule has 1 amide bonds. The molecule has 0 unspecified atom stereocenters. The smallest absolute Gasteiger partial charge is 0.256 e. The predicted octanol–water partition coefficient (Wildman–Crippen LogP) is 3.08. The van der Waals surface area contributed by atoms with Gasteiger partial charge in [-0.15, -0.1) is 0 Å². The fourth-order valence-corrected chi connectivity index (χ4v) is 2.95. The van der Waals surface area contributed by atoms with Crippen molar-refractivity contribution < 1.29 is 9.53 Å². The zero-order valence-corrected chi connectivity index (χ0v) is 16.6. The van der Waals surface area contributed by atoms with Crippen molar-refractivity contribution in [1.82, 2.24) is 20.2 Å². The molecule has 1 saturated carbocycles. The van der Waals surface area contributed by atoms with E-state index in [2.05, 4.69) is 25.5 Å². The average Bonchev–Trinajstić information content (AvgIpc) is 3.49. The number of anilines is 2. The van der Waals surface area contributed by atoms with E-state index in [-0.39, 0.29) is 5.91 Å². The van der Waals surface area contributed by atoms with Crippen molar-refractivity contribution in [3.05, 3.63) is 54.0 Å². The molecule has 2 aromatic heterocycles. The van der Waals surface area contributed by atoms with Gasteiger partial charge in [-0.2, -0.15) is 5.10 Å². The highest BCUT2D eigenvalue weighted by Gasteiger charge is 2.27. The Morgan fingerprint density at radius 3 is 2.69 bits per heavy atom. The van der Waals surface area contributed by atoms with E-state index in [0.717, 1.165) is 23.6 Å². The topological polar surface area (TPSA) is 96.0 Å². The molecule has 1 aliphatic carbocycles. The summed E-state index contributed by atoms with van der Waals surface area (Å²) < 4.78 is 5.08. The van der Waals surface area contributed by atoms with Crippen molar-refractivity contribution >= 4 is 17.4 Å². The maximum absolute atomic E-state index is 12.5. The monoisotopic (exact) mass is 392 g/mol. The molecule has 8 nitrogen and oxygen atoms in total. The molecule has 8 heteroatoms. The molecule has 2 heterocycles. The molecule has 0 radical (unpaired) electrons. The number of hydrogen-bond donors (Lipinski definition) is 2. The van der Waals surface area contributed by atoms with Crippen LogP contribution in [0.15, 0.2) is 42.6 Å². The lowest BCUT2D eigenvalue weighted by Crippen LogP contribution is -2.22. The third-order valence-electron chi connectivity index (χ3n) is 4.93. The fourth-order valence-electron chi connectivity index (χ4n) is 2.95. The SMILES string of the molecule is COCCN(C)c1ccc(NC(=O)c2ccc(-c3n[nH]c(C4CC4)n3)cc2)nc1. The van der Waals surface area contributed by atoms with Crippen molar-refractivity contribution in [1.29, 1.82) is 0 Å². The number of ether oxygens (including phenoxy) is 1. The summed E-state index contributed by atoms with van der Waals surface area (Å²) in [6, 6.07) is 11.0. The lowest BCUT2D eigenvalue weighted by atomic mass is 10.1. The normalized spacial score (nSPS) is 13.3. The molecule has 0 bridgehead atoms. The molecule has 0 spiro atoms. The summed E-state index contributed by atoms with van der Waals surface area (Å²) >= 11 is 0. The van der Waals surface area contributed by atoms with Crippen LogP contribution in [0.4, 0.5) is 11.5 Å². The Labute approximate surface area is 169 Å². The van der Waals surface area contributed by atoms with Gasteiger partial charge in [-0.25, -0.2) is 9.97 Å². The highest BCUT2D eigenvalue weighted by molar-refractivity contribution is 6.04. The van der Waals surface area contributed by atoms with Gasteiger partial charge in [-0.3, -0.25) is 9.89 Å². The van der Waals surface area contributed by atoms with E-state index in [1.165, 1.54) is 12.8 Å². The van der Waals surface area contributed by atoms with Crippen LogP contribution in [-0.2, 0) is 4.74 Å². The number of aromatic amines is 1. The molecule has 1 aliphatic rings. The molecule has 2 N–H and O–H groups in total. The third-order valence-corrected chi connectivity index (χ3v) is 4.93. The van der Waals surface area contributed by atoms with Crippen LogP contribution in [0.2, 0.25) is 0 Å². The van der Waals surface area contributed by atoms with Gasteiger partial charge in [0.05, 0.1) is 18.5 Å². The van der Waals surface area contributed by atoms with Crippen molar-refractivity contribution in [3.8, 4) is 11.4 Å². The number of benzene rings is 1. The second-order valence-corrected chi connectivity index (χ2v) is 7.17. The maximum atomic E-state index is 12.5. The Hall–Kier alpha value is -3.26. The number of carbonyl (C=O) groups excluding carboxylic acids is 1. The molecule has 1 aromatic carbocycles. The van der Waals surface area contributed by atoms with E-state index >= 15 is 0 Å². The fraction of sp³-hybridized carbons (Fsp3) is 0.333. The van der Waals surface area contributed by atoms with Gasteiger partial charge in [-0.05, 0) is 37.1 Å².